The second kappa shape index (κ2) is 10.4. The number of carbonyl (C=O) groups excluding carboxylic acids is 1. The van der Waals surface area contributed by atoms with Gasteiger partial charge in [0, 0.05) is 11.3 Å². The number of nitrogens with one attached hydrogen (secondary N) is 1. The van der Waals surface area contributed by atoms with Gasteiger partial charge in [0.05, 0.1) is 12.3 Å². The van der Waals surface area contributed by atoms with Crippen molar-refractivity contribution in [3.05, 3.63) is 95.8 Å². The Morgan fingerprint density at radius 1 is 0.970 bits per heavy atom. The van der Waals surface area contributed by atoms with Gasteiger partial charge < -0.3 is 5.32 Å². The molecule has 0 atom stereocenters. The normalized spacial score (nSPS) is 11.0. The Hall–Kier alpha value is -3.45. The van der Waals surface area contributed by atoms with Crippen LogP contribution < -0.4 is 5.32 Å². The third-order valence-electron chi connectivity index (χ3n) is 5.19. The monoisotopic (exact) mass is 460 g/mol. The second-order valence-corrected chi connectivity index (χ2v) is 8.91. The van der Waals surface area contributed by atoms with E-state index < -0.39 is 0 Å². The minimum absolute atomic E-state index is 0.106. The molecule has 33 heavy (non-hydrogen) atoms. The van der Waals surface area contributed by atoms with E-state index >= 15 is 0 Å². The maximum atomic E-state index is 13.4. The maximum Gasteiger partial charge on any atom is 0.234 e. The van der Waals surface area contributed by atoms with Crippen LogP contribution in [0.25, 0.3) is 11.4 Å². The molecular formula is C26H25FN4OS. The van der Waals surface area contributed by atoms with Crippen molar-refractivity contribution >= 4 is 23.4 Å². The van der Waals surface area contributed by atoms with Gasteiger partial charge in [0.2, 0.25) is 5.91 Å². The van der Waals surface area contributed by atoms with Crippen LogP contribution in [0.15, 0.2) is 84.0 Å². The number of hydrogen-bond acceptors (Lipinski definition) is 4. The molecule has 0 fully saturated rings. The molecule has 0 unspecified atom stereocenters. The zero-order chi connectivity index (χ0) is 23.2. The van der Waals surface area contributed by atoms with E-state index in [1.54, 1.807) is 12.1 Å². The van der Waals surface area contributed by atoms with E-state index in [4.69, 9.17) is 0 Å². The van der Waals surface area contributed by atoms with Crippen LogP contribution in [0.5, 0.6) is 0 Å². The van der Waals surface area contributed by atoms with Crippen molar-refractivity contribution < 1.29 is 9.18 Å². The predicted octanol–water partition coefficient (Wildman–Crippen LogP) is 5.99. The molecule has 0 saturated heterocycles. The number of amides is 1. The summed E-state index contributed by atoms with van der Waals surface area (Å²) in [4.78, 5) is 12.7. The van der Waals surface area contributed by atoms with Crippen molar-refractivity contribution in [1.29, 1.82) is 0 Å². The number of thioether (sulfide) groups is 1. The molecule has 168 valence electrons. The molecule has 0 radical (unpaired) electrons. The van der Waals surface area contributed by atoms with Gasteiger partial charge in [-0.2, -0.15) is 0 Å². The second-order valence-electron chi connectivity index (χ2n) is 7.96. The molecule has 0 aliphatic carbocycles. The SMILES string of the molecule is CC(C)c1ccccc1NC(=O)CSc1nnc(-c2ccc(F)cc2)n1Cc1ccccc1. The summed E-state index contributed by atoms with van der Waals surface area (Å²) in [5.74, 6) is 0.725. The van der Waals surface area contributed by atoms with E-state index in [2.05, 4.69) is 29.4 Å². The van der Waals surface area contributed by atoms with Crippen LogP contribution in [0, 0.1) is 5.82 Å². The Morgan fingerprint density at radius 3 is 2.39 bits per heavy atom. The summed E-state index contributed by atoms with van der Waals surface area (Å²) in [6.45, 7) is 4.74. The van der Waals surface area contributed by atoms with Gasteiger partial charge in [0.15, 0.2) is 11.0 Å². The smallest absolute Gasteiger partial charge is 0.234 e. The number of benzene rings is 3. The molecule has 3 aromatic carbocycles. The molecule has 0 spiro atoms. The van der Waals surface area contributed by atoms with Crippen molar-refractivity contribution in [2.75, 3.05) is 11.1 Å². The van der Waals surface area contributed by atoms with Crippen molar-refractivity contribution in [2.45, 2.75) is 31.5 Å². The van der Waals surface area contributed by atoms with Crippen LogP contribution in [0.1, 0.15) is 30.9 Å². The molecule has 1 N–H and O–H groups in total. The third kappa shape index (κ3) is 5.68. The standard InChI is InChI=1S/C26H25FN4OS/c1-18(2)22-10-6-7-11-23(22)28-24(32)17-33-26-30-29-25(20-12-14-21(27)15-13-20)31(26)16-19-8-4-3-5-9-19/h3-15,18H,16-17H2,1-2H3,(H,28,32). The predicted molar refractivity (Wildman–Crippen MR) is 131 cm³/mol. The van der Waals surface area contributed by atoms with Gasteiger partial charge in [-0.15, -0.1) is 10.2 Å². The van der Waals surface area contributed by atoms with Crippen molar-refractivity contribution in [3.63, 3.8) is 0 Å². The Morgan fingerprint density at radius 2 is 1.67 bits per heavy atom. The first kappa shape index (κ1) is 22.7. The first-order chi connectivity index (χ1) is 16.0. The number of aromatic nitrogens is 3. The lowest BCUT2D eigenvalue weighted by atomic mass is 10.0. The minimum atomic E-state index is -0.305. The lowest BCUT2D eigenvalue weighted by molar-refractivity contribution is -0.113. The zero-order valence-corrected chi connectivity index (χ0v) is 19.3. The van der Waals surface area contributed by atoms with Crippen LogP contribution in [0.2, 0.25) is 0 Å². The largest absolute Gasteiger partial charge is 0.325 e. The topological polar surface area (TPSA) is 59.8 Å². The molecule has 0 saturated carbocycles. The highest BCUT2D eigenvalue weighted by atomic mass is 32.2. The first-order valence-corrected chi connectivity index (χ1v) is 11.7. The summed E-state index contributed by atoms with van der Waals surface area (Å²) >= 11 is 1.33. The summed E-state index contributed by atoms with van der Waals surface area (Å²) in [5.41, 5.74) is 3.78. The number of nitrogens with zero attached hydrogens (tertiary/aromatic N) is 3. The fraction of sp³-hybridized carbons (Fsp3) is 0.192. The molecule has 1 amide bonds. The van der Waals surface area contributed by atoms with E-state index in [0.29, 0.717) is 23.4 Å². The van der Waals surface area contributed by atoms with Gasteiger partial charge in [-0.25, -0.2) is 4.39 Å². The highest BCUT2D eigenvalue weighted by Crippen LogP contribution is 2.27. The molecule has 5 nitrogen and oxygen atoms in total. The lowest BCUT2D eigenvalue weighted by Crippen LogP contribution is -2.16. The maximum absolute atomic E-state index is 13.4. The molecule has 4 rings (SSSR count). The van der Waals surface area contributed by atoms with Crippen molar-refractivity contribution in [3.8, 4) is 11.4 Å². The number of para-hydroxylation sites is 1. The van der Waals surface area contributed by atoms with E-state index in [0.717, 1.165) is 22.4 Å². The summed E-state index contributed by atoms with van der Waals surface area (Å²) < 4.78 is 15.4. The average molecular weight is 461 g/mol. The quantitative estimate of drug-likeness (QED) is 0.328. The third-order valence-corrected chi connectivity index (χ3v) is 6.16. The number of carbonyl (C=O) groups is 1. The van der Waals surface area contributed by atoms with E-state index in [1.165, 1.54) is 23.9 Å². The number of halogens is 1. The van der Waals surface area contributed by atoms with E-state index in [1.807, 2.05) is 59.2 Å². The number of anilines is 1. The molecule has 0 aliphatic rings. The van der Waals surface area contributed by atoms with E-state index in [-0.39, 0.29) is 17.5 Å². The Labute approximate surface area is 197 Å². The summed E-state index contributed by atoms with van der Waals surface area (Å²) in [5, 5.41) is 12.3. The van der Waals surface area contributed by atoms with Gasteiger partial charge in [-0.05, 0) is 47.4 Å². The van der Waals surface area contributed by atoms with Crippen LogP contribution in [-0.2, 0) is 11.3 Å². The highest BCUT2D eigenvalue weighted by Gasteiger charge is 2.17. The zero-order valence-electron chi connectivity index (χ0n) is 18.5. The number of hydrogen-bond donors (Lipinski definition) is 1. The van der Waals surface area contributed by atoms with Gasteiger partial charge in [0.1, 0.15) is 5.82 Å². The van der Waals surface area contributed by atoms with E-state index in [9.17, 15) is 9.18 Å². The van der Waals surface area contributed by atoms with Gasteiger partial charge in [-0.1, -0.05) is 74.1 Å². The molecule has 7 heteroatoms. The number of rotatable bonds is 8. The molecule has 1 aromatic heterocycles. The molecular weight excluding hydrogens is 435 g/mol. The minimum Gasteiger partial charge on any atom is -0.325 e. The Kier molecular flexibility index (Phi) is 7.19. The summed E-state index contributed by atoms with van der Waals surface area (Å²) in [7, 11) is 0. The molecule has 0 bridgehead atoms. The summed E-state index contributed by atoms with van der Waals surface area (Å²) in [6, 6.07) is 24.0. The van der Waals surface area contributed by atoms with Crippen LogP contribution in [0.4, 0.5) is 10.1 Å². The Bertz CT molecular complexity index is 1220. The highest BCUT2D eigenvalue weighted by molar-refractivity contribution is 7.99. The lowest BCUT2D eigenvalue weighted by Gasteiger charge is -2.14. The van der Waals surface area contributed by atoms with Crippen molar-refractivity contribution in [2.24, 2.45) is 0 Å². The van der Waals surface area contributed by atoms with Gasteiger partial charge >= 0.3 is 0 Å². The van der Waals surface area contributed by atoms with Crippen molar-refractivity contribution in [1.82, 2.24) is 14.8 Å². The van der Waals surface area contributed by atoms with Crippen LogP contribution in [-0.4, -0.2) is 26.4 Å². The Balaban J connectivity index is 1.54. The average Bonchev–Trinajstić information content (AvgIpc) is 3.21. The first-order valence-electron chi connectivity index (χ1n) is 10.8. The fourth-order valence-electron chi connectivity index (χ4n) is 3.55. The molecule has 0 aliphatic heterocycles. The van der Waals surface area contributed by atoms with Crippen LogP contribution in [0.3, 0.4) is 0 Å². The summed E-state index contributed by atoms with van der Waals surface area (Å²) in [6.07, 6.45) is 0. The molecule has 1 heterocycles. The van der Waals surface area contributed by atoms with Gasteiger partial charge in [-0.3, -0.25) is 9.36 Å². The fourth-order valence-corrected chi connectivity index (χ4v) is 4.28. The van der Waals surface area contributed by atoms with Gasteiger partial charge in [0.25, 0.3) is 0 Å². The molecule has 4 aromatic rings. The van der Waals surface area contributed by atoms with Crippen LogP contribution >= 0.6 is 11.8 Å².